The molecule has 180 valence electrons. The van der Waals surface area contributed by atoms with E-state index in [4.69, 9.17) is 10.00 Å². The number of halogens is 3. The maximum absolute atomic E-state index is 13.0. The second-order valence-corrected chi connectivity index (χ2v) is 7.22. The molecule has 1 aliphatic rings. The van der Waals surface area contributed by atoms with Crippen molar-refractivity contribution in [1.29, 1.82) is 5.26 Å². The Balaban J connectivity index is 1.36. The van der Waals surface area contributed by atoms with Gasteiger partial charge in [-0.3, -0.25) is 9.59 Å². The lowest BCUT2D eigenvalue weighted by atomic mass is 10.2. The van der Waals surface area contributed by atoms with Crippen LogP contribution in [0.1, 0.15) is 11.1 Å². The highest BCUT2D eigenvalue weighted by Crippen LogP contribution is 2.31. The molecule has 0 atom stereocenters. The Hall–Kier alpha value is -3.92. The minimum atomic E-state index is -4.81. The number of hydrogen-bond donors (Lipinski definition) is 2. The Bertz CT molecular complexity index is 1100. The molecule has 1 aliphatic heterocycles. The zero-order valence-electron chi connectivity index (χ0n) is 18.0. The third kappa shape index (κ3) is 6.55. The lowest BCUT2D eigenvalue weighted by Crippen LogP contribution is -2.48. The van der Waals surface area contributed by atoms with Crippen molar-refractivity contribution in [2.45, 2.75) is 6.18 Å². The highest BCUT2D eigenvalue weighted by atomic mass is 19.4. The summed E-state index contributed by atoms with van der Waals surface area (Å²) in [4.78, 5) is 31.7. The van der Waals surface area contributed by atoms with E-state index in [1.165, 1.54) is 18.3 Å². The fraction of sp³-hybridized carbons (Fsp3) is 0.381. The molecule has 0 spiro atoms. The first kappa shape index (κ1) is 24.7. The number of ether oxygens (including phenoxy) is 1. The number of nitrogens with zero attached hydrogens (tertiary/aromatic N) is 5. The number of pyridine rings is 1. The molecule has 2 aromatic heterocycles. The quantitative estimate of drug-likeness (QED) is 0.431. The van der Waals surface area contributed by atoms with Crippen LogP contribution in [0.4, 0.5) is 24.7 Å². The van der Waals surface area contributed by atoms with Gasteiger partial charge in [0.1, 0.15) is 17.5 Å². The summed E-state index contributed by atoms with van der Waals surface area (Å²) in [6.07, 6.45) is 0.516. The Morgan fingerprint density at radius 3 is 2.68 bits per heavy atom. The van der Waals surface area contributed by atoms with Gasteiger partial charge in [0, 0.05) is 45.0 Å². The molecule has 34 heavy (non-hydrogen) atoms. The molecule has 0 unspecified atom stereocenters. The second-order valence-electron chi connectivity index (χ2n) is 7.22. The first-order valence-corrected chi connectivity index (χ1v) is 10.3. The standard InChI is InChI=1S/C21H22F3N7O3/c22-21(23,24)19-16(14-28-29-20(19)33)26-5-11-34-10-1-2-18(32)31-8-6-30(7-9-31)17-4-3-15(12-25)13-27-17/h1-4,13-14H,5-11H2,(H2,26,29,33)/b2-1+. The zero-order chi connectivity index (χ0) is 24.6. The van der Waals surface area contributed by atoms with Crippen molar-refractivity contribution in [3.8, 4) is 6.07 Å². The summed E-state index contributed by atoms with van der Waals surface area (Å²) in [6.45, 7) is 2.42. The minimum Gasteiger partial charge on any atom is -0.381 e. The van der Waals surface area contributed by atoms with Gasteiger partial charge in [-0.1, -0.05) is 6.08 Å². The van der Waals surface area contributed by atoms with E-state index in [0.29, 0.717) is 31.7 Å². The lowest BCUT2D eigenvalue weighted by molar-refractivity contribution is -0.138. The van der Waals surface area contributed by atoms with Crippen LogP contribution in [0, 0.1) is 11.3 Å². The first-order chi connectivity index (χ1) is 16.3. The van der Waals surface area contributed by atoms with Crippen molar-refractivity contribution in [1.82, 2.24) is 20.1 Å². The van der Waals surface area contributed by atoms with Crippen LogP contribution in [0.2, 0.25) is 0 Å². The number of alkyl halides is 3. The average molecular weight is 477 g/mol. The Morgan fingerprint density at radius 1 is 1.26 bits per heavy atom. The molecule has 2 N–H and O–H groups in total. The van der Waals surface area contributed by atoms with E-state index in [9.17, 15) is 22.8 Å². The van der Waals surface area contributed by atoms with Gasteiger partial charge in [0.15, 0.2) is 0 Å². The second kappa shape index (κ2) is 11.3. The van der Waals surface area contributed by atoms with Crippen molar-refractivity contribution in [3.63, 3.8) is 0 Å². The van der Waals surface area contributed by atoms with Gasteiger partial charge in [0.05, 0.1) is 30.7 Å². The summed E-state index contributed by atoms with van der Waals surface area (Å²) in [7, 11) is 0. The topological polar surface area (TPSA) is 127 Å². The number of anilines is 2. The summed E-state index contributed by atoms with van der Waals surface area (Å²) < 4.78 is 44.2. The maximum Gasteiger partial charge on any atom is 0.423 e. The Labute approximate surface area is 192 Å². The van der Waals surface area contributed by atoms with Gasteiger partial charge in [-0.2, -0.15) is 23.5 Å². The number of rotatable bonds is 8. The molecule has 0 aromatic carbocycles. The third-order valence-electron chi connectivity index (χ3n) is 4.97. The van der Waals surface area contributed by atoms with E-state index in [2.05, 4.69) is 15.4 Å². The summed E-state index contributed by atoms with van der Waals surface area (Å²) in [6, 6.07) is 5.49. The number of hydrogen-bond acceptors (Lipinski definition) is 8. The van der Waals surface area contributed by atoms with Crippen molar-refractivity contribution >= 4 is 17.4 Å². The van der Waals surface area contributed by atoms with E-state index in [0.717, 1.165) is 12.0 Å². The summed E-state index contributed by atoms with van der Waals surface area (Å²) in [5.74, 6) is 0.584. The minimum absolute atomic E-state index is 0.0152. The molecule has 3 heterocycles. The van der Waals surface area contributed by atoms with Crippen LogP contribution in [-0.4, -0.2) is 71.9 Å². The van der Waals surface area contributed by atoms with Crippen molar-refractivity contribution < 1.29 is 22.7 Å². The molecule has 1 saturated heterocycles. The van der Waals surface area contributed by atoms with Crippen molar-refractivity contribution in [3.05, 3.63) is 58.2 Å². The van der Waals surface area contributed by atoms with Gasteiger partial charge in [-0.05, 0) is 12.1 Å². The van der Waals surface area contributed by atoms with Crippen LogP contribution in [-0.2, 0) is 15.7 Å². The molecular weight excluding hydrogens is 455 g/mol. The number of aromatic nitrogens is 3. The van der Waals surface area contributed by atoms with Crippen LogP contribution in [0.3, 0.4) is 0 Å². The SMILES string of the molecule is N#Cc1ccc(N2CCN(C(=O)/C=C/COCCNc3cn[nH]c(=O)c3C(F)(F)F)CC2)nc1. The third-order valence-corrected chi connectivity index (χ3v) is 4.97. The molecular formula is C21H22F3N7O3. The van der Waals surface area contributed by atoms with E-state index < -0.39 is 23.0 Å². The molecule has 3 rings (SSSR count). The molecule has 0 aliphatic carbocycles. The predicted octanol–water partition coefficient (Wildman–Crippen LogP) is 1.39. The van der Waals surface area contributed by atoms with Crippen LogP contribution < -0.4 is 15.8 Å². The van der Waals surface area contributed by atoms with E-state index in [-0.39, 0.29) is 25.7 Å². The van der Waals surface area contributed by atoms with Crippen LogP contribution in [0.15, 0.2) is 41.5 Å². The van der Waals surface area contributed by atoms with Crippen molar-refractivity contribution in [2.24, 2.45) is 0 Å². The number of amides is 1. The Kier molecular flexibility index (Phi) is 8.20. The molecule has 1 fully saturated rings. The highest BCUT2D eigenvalue weighted by Gasteiger charge is 2.37. The van der Waals surface area contributed by atoms with Gasteiger partial charge in [0.2, 0.25) is 5.91 Å². The highest BCUT2D eigenvalue weighted by molar-refractivity contribution is 5.87. The average Bonchev–Trinajstić information content (AvgIpc) is 2.82. The summed E-state index contributed by atoms with van der Waals surface area (Å²) in [5.41, 5.74) is -2.61. The molecule has 0 bridgehead atoms. The lowest BCUT2D eigenvalue weighted by Gasteiger charge is -2.34. The molecule has 2 aromatic rings. The number of aromatic amines is 1. The van der Waals surface area contributed by atoms with Gasteiger partial charge in [0.25, 0.3) is 5.56 Å². The molecule has 0 radical (unpaired) electrons. The number of carbonyl (C=O) groups excluding carboxylic acids is 1. The summed E-state index contributed by atoms with van der Waals surface area (Å²) >= 11 is 0. The number of H-pyrrole nitrogens is 1. The fourth-order valence-corrected chi connectivity index (χ4v) is 3.27. The normalized spacial score (nSPS) is 14.3. The van der Waals surface area contributed by atoms with E-state index in [1.54, 1.807) is 22.1 Å². The smallest absolute Gasteiger partial charge is 0.381 e. The number of nitrogens with one attached hydrogen (secondary N) is 2. The van der Waals surface area contributed by atoms with Gasteiger partial charge in [-0.15, -0.1) is 0 Å². The Morgan fingerprint density at radius 2 is 2.03 bits per heavy atom. The number of carbonyl (C=O) groups is 1. The summed E-state index contributed by atoms with van der Waals surface area (Å²) in [5, 5.41) is 16.5. The van der Waals surface area contributed by atoms with E-state index >= 15 is 0 Å². The van der Waals surface area contributed by atoms with Gasteiger partial charge < -0.3 is 19.9 Å². The number of nitriles is 1. The van der Waals surface area contributed by atoms with Crippen molar-refractivity contribution in [2.75, 3.05) is 56.2 Å². The molecule has 0 saturated carbocycles. The van der Waals surface area contributed by atoms with Crippen LogP contribution in [0.25, 0.3) is 0 Å². The molecule has 10 nitrogen and oxygen atoms in total. The first-order valence-electron chi connectivity index (χ1n) is 10.3. The van der Waals surface area contributed by atoms with Gasteiger partial charge >= 0.3 is 6.18 Å². The van der Waals surface area contributed by atoms with Gasteiger partial charge in [-0.25, -0.2) is 10.1 Å². The monoisotopic (exact) mass is 477 g/mol. The molecule has 1 amide bonds. The van der Waals surface area contributed by atoms with E-state index in [1.807, 2.05) is 11.0 Å². The maximum atomic E-state index is 13.0. The van der Waals surface area contributed by atoms with Crippen LogP contribution in [0.5, 0.6) is 0 Å². The zero-order valence-corrected chi connectivity index (χ0v) is 18.0. The predicted molar refractivity (Wildman–Crippen MR) is 116 cm³/mol. The molecule has 13 heteroatoms. The number of piperazine rings is 1. The largest absolute Gasteiger partial charge is 0.423 e. The fourth-order valence-electron chi connectivity index (χ4n) is 3.27. The van der Waals surface area contributed by atoms with Crippen LogP contribution >= 0.6 is 0 Å².